The number of rotatable bonds is 9. The maximum Gasteiger partial charge on any atom is 0.408 e. The van der Waals surface area contributed by atoms with E-state index in [0.717, 1.165) is 26.9 Å². The fraction of sp³-hybridized carbons (Fsp3) is 0.320. The molecule has 11 heteroatoms. The Kier molecular flexibility index (Phi) is 7.47. The molecule has 0 saturated heterocycles. The Balaban J connectivity index is 1.70. The van der Waals surface area contributed by atoms with Crippen molar-refractivity contribution in [2.45, 2.75) is 45.8 Å². The van der Waals surface area contributed by atoms with E-state index >= 15 is 0 Å². The van der Waals surface area contributed by atoms with Crippen LogP contribution in [0.15, 0.2) is 48.5 Å². The van der Waals surface area contributed by atoms with Gasteiger partial charge in [0.1, 0.15) is 6.54 Å². The lowest BCUT2D eigenvalue weighted by atomic mass is 9.96. The summed E-state index contributed by atoms with van der Waals surface area (Å²) < 4.78 is 45.5. The number of tetrazole rings is 1. The number of ether oxygens (including phenoxy) is 1. The van der Waals surface area contributed by atoms with Gasteiger partial charge in [-0.3, -0.25) is 0 Å². The number of benzene rings is 2. The molecule has 8 nitrogen and oxygen atoms in total. The summed E-state index contributed by atoms with van der Waals surface area (Å²) in [5, 5.41) is 18.2. The largest absolute Gasteiger partial charge is 0.461 e. The van der Waals surface area contributed by atoms with Gasteiger partial charge in [0.15, 0.2) is 11.5 Å². The topological polar surface area (TPSA) is 98.6 Å². The summed E-state index contributed by atoms with van der Waals surface area (Å²) in [7, 11) is 0. The number of hydrogen-bond acceptors (Lipinski definition) is 6. The van der Waals surface area contributed by atoms with Gasteiger partial charge >= 0.3 is 12.1 Å². The number of aryl methyl sites for hydroxylation is 1. The Morgan fingerprint density at radius 3 is 2.39 bits per heavy atom. The number of nitrogens with zero attached hydrogens (tertiary/aromatic N) is 5. The number of nitrogens with one attached hydrogen (secondary N) is 1. The SMILES string of the molecule is CCCc1nn(CC(F)(F)F)c(C(=O)OCC)c1Cc1ccc(-c2ccccc2-c2nnn[nH]2)cc1. The zero-order valence-corrected chi connectivity index (χ0v) is 19.8. The number of carbonyl (C=O) groups excluding carboxylic acids is 1. The van der Waals surface area contributed by atoms with Crippen LogP contribution in [0.1, 0.15) is 47.6 Å². The monoisotopic (exact) mass is 498 g/mol. The van der Waals surface area contributed by atoms with Crippen molar-refractivity contribution in [3.05, 3.63) is 71.0 Å². The van der Waals surface area contributed by atoms with Crippen LogP contribution in [0.3, 0.4) is 0 Å². The third-order valence-corrected chi connectivity index (χ3v) is 5.59. The zero-order valence-electron chi connectivity index (χ0n) is 19.8. The Hall–Kier alpha value is -4.02. The normalized spacial score (nSPS) is 11.6. The van der Waals surface area contributed by atoms with E-state index in [9.17, 15) is 18.0 Å². The van der Waals surface area contributed by atoms with E-state index in [1.54, 1.807) is 6.92 Å². The summed E-state index contributed by atoms with van der Waals surface area (Å²) in [6, 6.07) is 15.3. The van der Waals surface area contributed by atoms with Crippen molar-refractivity contribution in [2.24, 2.45) is 0 Å². The highest BCUT2D eigenvalue weighted by Crippen LogP contribution is 2.31. The van der Waals surface area contributed by atoms with Crippen LogP contribution in [-0.4, -0.2) is 49.2 Å². The van der Waals surface area contributed by atoms with Gasteiger partial charge in [-0.15, -0.1) is 5.10 Å². The highest BCUT2D eigenvalue weighted by Gasteiger charge is 2.33. The van der Waals surface area contributed by atoms with Crippen LogP contribution in [0.25, 0.3) is 22.5 Å². The lowest BCUT2D eigenvalue weighted by molar-refractivity contribution is -0.142. The lowest BCUT2D eigenvalue weighted by Crippen LogP contribution is -2.23. The number of aromatic amines is 1. The Labute approximate surface area is 205 Å². The first-order valence-corrected chi connectivity index (χ1v) is 11.6. The second kappa shape index (κ2) is 10.7. The van der Waals surface area contributed by atoms with Crippen molar-refractivity contribution in [3.8, 4) is 22.5 Å². The zero-order chi connectivity index (χ0) is 25.7. The first kappa shape index (κ1) is 25.1. The molecule has 2 aromatic carbocycles. The van der Waals surface area contributed by atoms with Gasteiger partial charge in [-0.1, -0.05) is 61.9 Å². The summed E-state index contributed by atoms with van der Waals surface area (Å²) in [5.74, 6) is -0.271. The van der Waals surface area contributed by atoms with Crippen LogP contribution in [0.5, 0.6) is 0 Å². The minimum atomic E-state index is -4.53. The Bertz CT molecular complexity index is 1310. The number of aromatic nitrogens is 6. The molecule has 0 fully saturated rings. The van der Waals surface area contributed by atoms with Crippen molar-refractivity contribution < 1.29 is 22.7 Å². The molecule has 0 spiro atoms. The third kappa shape index (κ3) is 5.61. The van der Waals surface area contributed by atoms with E-state index in [1.807, 2.05) is 55.5 Å². The van der Waals surface area contributed by atoms with Gasteiger partial charge in [0.25, 0.3) is 0 Å². The summed E-state index contributed by atoms with van der Waals surface area (Å²) in [4.78, 5) is 12.7. The van der Waals surface area contributed by atoms with Crippen molar-refractivity contribution >= 4 is 5.97 Å². The Morgan fingerprint density at radius 1 is 1.06 bits per heavy atom. The number of alkyl halides is 3. The van der Waals surface area contributed by atoms with E-state index < -0.39 is 18.7 Å². The van der Waals surface area contributed by atoms with Gasteiger partial charge in [0.05, 0.1) is 12.3 Å². The van der Waals surface area contributed by atoms with Crippen LogP contribution in [0.4, 0.5) is 13.2 Å². The van der Waals surface area contributed by atoms with Crippen LogP contribution < -0.4 is 0 Å². The molecular formula is C25H25F3N6O2. The van der Waals surface area contributed by atoms with Crippen molar-refractivity contribution in [1.82, 2.24) is 30.4 Å². The van der Waals surface area contributed by atoms with Crippen molar-refractivity contribution in [2.75, 3.05) is 6.61 Å². The number of halogens is 3. The summed E-state index contributed by atoms with van der Waals surface area (Å²) in [6.45, 7) is 2.21. The molecule has 0 radical (unpaired) electrons. The van der Waals surface area contributed by atoms with Crippen molar-refractivity contribution in [3.63, 3.8) is 0 Å². The molecule has 4 rings (SSSR count). The van der Waals surface area contributed by atoms with Crippen LogP contribution in [0, 0.1) is 0 Å². The average Bonchev–Trinajstić information content (AvgIpc) is 3.48. The molecule has 0 bridgehead atoms. The second-order valence-electron chi connectivity index (χ2n) is 8.19. The quantitative estimate of drug-likeness (QED) is 0.326. The minimum absolute atomic E-state index is 0.0490. The van der Waals surface area contributed by atoms with Crippen LogP contribution in [-0.2, 0) is 24.1 Å². The summed E-state index contributed by atoms with van der Waals surface area (Å²) in [5.41, 5.74) is 4.27. The average molecular weight is 499 g/mol. The molecule has 0 saturated carbocycles. The molecule has 0 aliphatic rings. The highest BCUT2D eigenvalue weighted by molar-refractivity contribution is 5.90. The van der Waals surface area contributed by atoms with Crippen LogP contribution >= 0.6 is 0 Å². The molecule has 0 aliphatic carbocycles. The van der Waals surface area contributed by atoms with Gasteiger partial charge in [-0.2, -0.15) is 18.3 Å². The highest BCUT2D eigenvalue weighted by atomic mass is 19.4. The molecule has 36 heavy (non-hydrogen) atoms. The first-order valence-electron chi connectivity index (χ1n) is 11.6. The second-order valence-corrected chi connectivity index (χ2v) is 8.19. The maximum absolute atomic E-state index is 13.2. The van der Waals surface area contributed by atoms with Gasteiger partial charge in [-0.25, -0.2) is 14.6 Å². The summed E-state index contributed by atoms with van der Waals surface area (Å²) >= 11 is 0. The molecule has 188 valence electrons. The fourth-order valence-corrected chi connectivity index (χ4v) is 4.11. The van der Waals surface area contributed by atoms with E-state index in [4.69, 9.17) is 4.74 Å². The van der Waals surface area contributed by atoms with E-state index in [0.29, 0.717) is 29.9 Å². The van der Waals surface area contributed by atoms with Crippen molar-refractivity contribution in [1.29, 1.82) is 0 Å². The number of esters is 1. The first-order chi connectivity index (χ1) is 17.3. The minimum Gasteiger partial charge on any atom is -0.461 e. The molecule has 2 heterocycles. The molecule has 0 unspecified atom stereocenters. The van der Waals surface area contributed by atoms with Gasteiger partial charge in [-0.05, 0) is 40.5 Å². The van der Waals surface area contributed by atoms with Gasteiger partial charge < -0.3 is 4.74 Å². The van der Waals surface area contributed by atoms with Gasteiger partial charge in [0, 0.05) is 17.5 Å². The number of H-pyrrole nitrogens is 1. The molecule has 1 N–H and O–H groups in total. The summed E-state index contributed by atoms with van der Waals surface area (Å²) in [6.07, 6.45) is -3.16. The third-order valence-electron chi connectivity index (χ3n) is 5.59. The molecule has 2 aromatic heterocycles. The standard InChI is InChI=1S/C25H25F3N6O2/c1-3-7-21-20(22(24(35)36-4-2)34(31-21)15-25(26,27)28)14-16-10-12-17(13-11-16)18-8-5-6-9-19(18)23-29-32-33-30-23/h5-6,8-13H,3-4,7,14-15H2,1-2H3,(H,29,30,32,33). The number of carbonyl (C=O) groups is 1. The predicted molar refractivity (Wildman–Crippen MR) is 126 cm³/mol. The lowest BCUT2D eigenvalue weighted by Gasteiger charge is -2.12. The molecule has 0 atom stereocenters. The Morgan fingerprint density at radius 2 is 1.78 bits per heavy atom. The molecule has 0 aliphatic heterocycles. The van der Waals surface area contributed by atoms with E-state index in [2.05, 4.69) is 25.7 Å². The van der Waals surface area contributed by atoms with Gasteiger partial charge in [0.2, 0.25) is 0 Å². The van der Waals surface area contributed by atoms with E-state index in [1.165, 1.54) is 0 Å². The number of hydrogen-bond donors (Lipinski definition) is 1. The van der Waals surface area contributed by atoms with Crippen LogP contribution in [0.2, 0.25) is 0 Å². The molecule has 0 amide bonds. The fourth-order valence-electron chi connectivity index (χ4n) is 4.11. The maximum atomic E-state index is 13.2. The predicted octanol–water partition coefficient (Wildman–Crippen LogP) is 5.01. The van der Waals surface area contributed by atoms with E-state index in [-0.39, 0.29) is 18.7 Å². The molecule has 4 aromatic rings. The molecular weight excluding hydrogens is 473 g/mol. The smallest absolute Gasteiger partial charge is 0.408 e.